The Labute approximate surface area is 140 Å². The van der Waals surface area contributed by atoms with Crippen molar-refractivity contribution in [3.05, 3.63) is 47.7 Å². The number of rotatable bonds is 5. The molecule has 0 saturated heterocycles. The lowest BCUT2D eigenvalue weighted by Gasteiger charge is -2.20. The molecule has 2 heterocycles. The molecule has 124 valence electrons. The van der Waals surface area contributed by atoms with Crippen molar-refractivity contribution in [3.63, 3.8) is 0 Å². The lowest BCUT2D eigenvalue weighted by atomic mass is 9.85. The van der Waals surface area contributed by atoms with Crippen LogP contribution in [0.25, 0.3) is 10.9 Å². The topological polar surface area (TPSA) is 75.3 Å². The fraction of sp³-hybridized carbons (Fsp3) is 0.389. The van der Waals surface area contributed by atoms with Crippen LogP contribution in [0.3, 0.4) is 0 Å². The summed E-state index contributed by atoms with van der Waals surface area (Å²) in [5.41, 5.74) is 1.53. The normalized spacial score (nSPS) is 15.1. The molecule has 2 aromatic heterocycles. The van der Waals surface area contributed by atoms with Crippen LogP contribution in [-0.4, -0.2) is 32.2 Å². The molecule has 0 radical (unpaired) electrons. The monoisotopic (exact) mass is 324 g/mol. The summed E-state index contributed by atoms with van der Waals surface area (Å²) >= 11 is 0. The maximum Gasteiger partial charge on any atom is 0.229 e. The molecular weight excluding hydrogens is 304 g/mol. The first-order valence-corrected chi connectivity index (χ1v) is 8.27. The second kappa shape index (κ2) is 6.20. The number of hydrogen-bond acceptors (Lipinski definition) is 6. The van der Waals surface area contributed by atoms with E-state index in [0.29, 0.717) is 30.3 Å². The van der Waals surface area contributed by atoms with Crippen LogP contribution in [0, 0.1) is 0 Å². The van der Waals surface area contributed by atoms with E-state index in [9.17, 15) is 5.11 Å². The predicted molar refractivity (Wildman–Crippen MR) is 89.5 cm³/mol. The molecule has 6 nitrogen and oxygen atoms in total. The van der Waals surface area contributed by atoms with Crippen molar-refractivity contribution < 1.29 is 9.63 Å². The lowest BCUT2D eigenvalue weighted by molar-refractivity contribution is 0.280. The highest BCUT2D eigenvalue weighted by Crippen LogP contribution is 2.35. The number of benzene rings is 1. The van der Waals surface area contributed by atoms with Crippen LogP contribution >= 0.6 is 0 Å². The highest BCUT2D eigenvalue weighted by atomic mass is 16.5. The van der Waals surface area contributed by atoms with Gasteiger partial charge in [0.05, 0.1) is 12.2 Å². The quantitative estimate of drug-likeness (QED) is 0.776. The number of hydrogen-bond donors (Lipinski definition) is 1. The van der Waals surface area contributed by atoms with Crippen molar-refractivity contribution in [1.82, 2.24) is 20.0 Å². The van der Waals surface area contributed by atoms with Crippen molar-refractivity contribution in [2.45, 2.75) is 38.3 Å². The van der Waals surface area contributed by atoms with Gasteiger partial charge in [-0.2, -0.15) is 4.98 Å². The zero-order valence-electron chi connectivity index (χ0n) is 13.6. The smallest absolute Gasteiger partial charge is 0.229 e. The summed E-state index contributed by atoms with van der Waals surface area (Å²) < 4.78 is 5.36. The van der Waals surface area contributed by atoms with Crippen LogP contribution in [0.15, 0.2) is 34.9 Å². The SMILES string of the molecule is CN(Cc1ccc2cccc(O)c2n1)Cc1noc(C2CCC2)n1. The summed E-state index contributed by atoms with van der Waals surface area (Å²) in [5.74, 6) is 2.16. The fourth-order valence-electron chi connectivity index (χ4n) is 2.99. The third-order valence-corrected chi connectivity index (χ3v) is 4.54. The van der Waals surface area contributed by atoms with E-state index in [1.165, 1.54) is 6.42 Å². The molecule has 1 saturated carbocycles. The molecule has 0 bridgehead atoms. The van der Waals surface area contributed by atoms with Gasteiger partial charge in [-0.05, 0) is 32.0 Å². The Morgan fingerprint density at radius 3 is 2.83 bits per heavy atom. The molecular formula is C18H20N4O2. The molecule has 6 heteroatoms. The maximum absolute atomic E-state index is 9.94. The number of aromatic nitrogens is 3. The third kappa shape index (κ3) is 2.97. The van der Waals surface area contributed by atoms with Gasteiger partial charge >= 0.3 is 0 Å². The van der Waals surface area contributed by atoms with Crippen LogP contribution in [-0.2, 0) is 13.1 Å². The minimum Gasteiger partial charge on any atom is -0.506 e. The van der Waals surface area contributed by atoms with Gasteiger partial charge in [0, 0.05) is 17.8 Å². The molecule has 24 heavy (non-hydrogen) atoms. The Hall–Kier alpha value is -2.47. The van der Waals surface area contributed by atoms with Crippen LogP contribution < -0.4 is 0 Å². The van der Waals surface area contributed by atoms with Crippen molar-refractivity contribution in [2.75, 3.05) is 7.05 Å². The van der Waals surface area contributed by atoms with E-state index in [4.69, 9.17) is 4.52 Å². The fourth-order valence-corrected chi connectivity index (χ4v) is 2.99. The van der Waals surface area contributed by atoms with Gasteiger partial charge in [-0.1, -0.05) is 29.8 Å². The molecule has 1 aliphatic rings. The Kier molecular flexibility index (Phi) is 3.90. The zero-order chi connectivity index (χ0) is 16.5. The molecule has 1 N–H and O–H groups in total. The van der Waals surface area contributed by atoms with E-state index in [2.05, 4.69) is 20.0 Å². The van der Waals surface area contributed by atoms with Gasteiger partial charge in [-0.3, -0.25) is 4.90 Å². The van der Waals surface area contributed by atoms with Crippen LogP contribution in [0.2, 0.25) is 0 Å². The van der Waals surface area contributed by atoms with E-state index < -0.39 is 0 Å². The van der Waals surface area contributed by atoms with Gasteiger partial charge in [0.2, 0.25) is 5.89 Å². The molecule has 0 amide bonds. The molecule has 4 rings (SSSR count). The average Bonchev–Trinajstić information content (AvgIpc) is 2.94. The highest BCUT2D eigenvalue weighted by molar-refractivity contribution is 5.84. The van der Waals surface area contributed by atoms with E-state index in [0.717, 1.165) is 29.8 Å². The summed E-state index contributed by atoms with van der Waals surface area (Å²) in [6.07, 6.45) is 3.56. The molecule has 1 aliphatic carbocycles. The minimum atomic E-state index is 0.209. The van der Waals surface area contributed by atoms with Crippen molar-refractivity contribution in [2.24, 2.45) is 0 Å². The number of nitrogens with zero attached hydrogens (tertiary/aromatic N) is 4. The molecule has 1 aromatic carbocycles. The van der Waals surface area contributed by atoms with E-state index in [1.807, 2.05) is 31.3 Å². The summed E-state index contributed by atoms with van der Waals surface area (Å²) in [5, 5.41) is 15.0. The molecule has 0 aliphatic heterocycles. The molecule has 0 unspecified atom stereocenters. The van der Waals surface area contributed by atoms with Gasteiger partial charge in [0.25, 0.3) is 0 Å². The predicted octanol–water partition coefficient (Wildman–Crippen LogP) is 3.22. The second-order valence-electron chi connectivity index (χ2n) is 6.50. The first-order chi connectivity index (χ1) is 11.7. The molecule has 0 atom stereocenters. The number of phenolic OH excluding ortho intramolecular Hbond substituents is 1. The number of fused-ring (bicyclic) bond motifs is 1. The third-order valence-electron chi connectivity index (χ3n) is 4.54. The van der Waals surface area contributed by atoms with Crippen LogP contribution in [0.5, 0.6) is 5.75 Å². The van der Waals surface area contributed by atoms with Crippen molar-refractivity contribution >= 4 is 10.9 Å². The lowest BCUT2D eigenvalue weighted by Crippen LogP contribution is -2.19. The highest BCUT2D eigenvalue weighted by Gasteiger charge is 2.25. The molecule has 0 spiro atoms. The van der Waals surface area contributed by atoms with Gasteiger partial charge in [0.15, 0.2) is 5.82 Å². The maximum atomic E-state index is 9.94. The Bertz CT molecular complexity index is 857. The minimum absolute atomic E-state index is 0.209. The Morgan fingerprint density at radius 2 is 2.04 bits per heavy atom. The largest absolute Gasteiger partial charge is 0.506 e. The van der Waals surface area contributed by atoms with Gasteiger partial charge in [-0.15, -0.1) is 0 Å². The Morgan fingerprint density at radius 1 is 1.17 bits per heavy atom. The van der Waals surface area contributed by atoms with Crippen molar-refractivity contribution in [1.29, 1.82) is 0 Å². The van der Waals surface area contributed by atoms with Gasteiger partial charge < -0.3 is 9.63 Å². The number of pyridine rings is 1. The van der Waals surface area contributed by atoms with Crippen LogP contribution in [0.4, 0.5) is 0 Å². The van der Waals surface area contributed by atoms with Gasteiger partial charge in [0.1, 0.15) is 11.3 Å². The second-order valence-corrected chi connectivity index (χ2v) is 6.50. The standard InChI is InChI=1S/C18H20N4O2/c1-22(11-16-20-18(24-21-16)13-5-2-6-13)10-14-9-8-12-4-3-7-15(23)17(12)19-14/h3-4,7-9,13,23H,2,5-6,10-11H2,1H3. The van der Waals surface area contributed by atoms with E-state index in [1.54, 1.807) is 6.07 Å². The summed E-state index contributed by atoms with van der Waals surface area (Å²) in [4.78, 5) is 11.1. The van der Waals surface area contributed by atoms with E-state index in [-0.39, 0.29) is 5.75 Å². The summed E-state index contributed by atoms with van der Waals surface area (Å²) in [6.45, 7) is 1.26. The Balaban J connectivity index is 1.44. The number of para-hydroxylation sites is 1. The van der Waals surface area contributed by atoms with Crippen molar-refractivity contribution in [3.8, 4) is 5.75 Å². The summed E-state index contributed by atoms with van der Waals surface area (Å²) in [7, 11) is 2.00. The van der Waals surface area contributed by atoms with E-state index >= 15 is 0 Å². The number of phenols is 1. The van der Waals surface area contributed by atoms with Gasteiger partial charge in [-0.25, -0.2) is 4.98 Å². The molecule has 1 fully saturated rings. The molecule has 3 aromatic rings. The average molecular weight is 324 g/mol. The van der Waals surface area contributed by atoms with Crippen LogP contribution in [0.1, 0.15) is 42.6 Å². The number of aromatic hydroxyl groups is 1. The first kappa shape index (κ1) is 15.1. The summed E-state index contributed by atoms with van der Waals surface area (Å²) in [6, 6.07) is 9.38. The first-order valence-electron chi connectivity index (χ1n) is 8.27. The zero-order valence-corrected chi connectivity index (χ0v) is 13.6.